The van der Waals surface area contributed by atoms with Crippen LogP contribution in [-0.4, -0.2) is 14.0 Å². The zero-order valence-electron chi connectivity index (χ0n) is 20.8. The molecule has 0 atom stereocenters. The summed E-state index contributed by atoms with van der Waals surface area (Å²) in [5, 5.41) is 2.57. The van der Waals surface area contributed by atoms with Crippen molar-refractivity contribution in [3.8, 4) is 28.1 Å². The molecule has 7 aromatic rings. The van der Waals surface area contributed by atoms with Crippen LogP contribution in [0.15, 0.2) is 116 Å². The van der Waals surface area contributed by atoms with Crippen LogP contribution in [0.4, 0.5) is 0 Å². The van der Waals surface area contributed by atoms with E-state index in [-0.39, 0.29) is 5.41 Å². The average Bonchev–Trinajstić information content (AvgIpc) is 3.58. The van der Waals surface area contributed by atoms with Gasteiger partial charge in [0.25, 0.3) is 0 Å². The Morgan fingerprint density at radius 3 is 2.46 bits per heavy atom. The van der Waals surface area contributed by atoms with Gasteiger partial charge < -0.3 is 8.97 Å². The molecule has 0 amide bonds. The molecule has 0 radical (unpaired) electrons. The van der Waals surface area contributed by atoms with E-state index in [9.17, 15) is 0 Å². The van der Waals surface area contributed by atoms with Gasteiger partial charge in [0.05, 0.1) is 16.7 Å². The van der Waals surface area contributed by atoms with E-state index in [0.29, 0.717) is 0 Å². The molecular formula is C34H25N3. The molecule has 0 saturated carbocycles. The smallest absolute Gasteiger partial charge is 0.137 e. The minimum atomic E-state index is -0.0419. The van der Waals surface area contributed by atoms with Crippen LogP contribution in [0.3, 0.4) is 0 Å². The van der Waals surface area contributed by atoms with E-state index < -0.39 is 0 Å². The molecule has 0 fully saturated rings. The Labute approximate surface area is 215 Å². The summed E-state index contributed by atoms with van der Waals surface area (Å²) in [4.78, 5) is 4.89. The second-order valence-corrected chi connectivity index (χ2v) is 10.6. The number of fused-ring (bicyclic) bond motifs is 8. The Morgan fingerprint density at radius 2 is 1.54 bits per heavy atom. The Morgan fingerprint density at radius 1 is 0.703 bits per heavy atom. The molecule has 3 nitrogen and oxygen atoms in total. The summed E-state index contributed by atoms with van der Waals surface area (Å²) < 4.78 is 4.54. The minimum Gasteiger partial charge on any atom is -0.309 e. The number of nitrogens with zero attached hydrogens (tertiary/aromatic N) is 3. The Balaban J connectivity index is 1.46. The molecule has 176 valence electrons. The third kappa shape index (κ3) is 2.74. The number of hydrogen-bond acceptors (Lipinski definition) is 1. The lowest BCUT2D eigenvalue weighted by Gasteiger charge is -2.21. The fraction of sp³-hybridized carbons (Fsp3) is 0.0882. The summed E-state index contributed by atoms with van der Waals surface area (Å²) >= 11 is 0. The molecule has 0 N–H and O–H groups in total. The fourth-order valence-electron chi connectivity index (χ4n) is 6.39. The number of benzene rings is 4. The molecule has 3 aromatic heterocycles. The van der Waals surface area contributed by atoms with Crippen molar-refractivity contribution in [1.82, 2.24) is 14.0 Å². The molecule has 1 aliphatic carbocycles. The van der Waals surface area contributed by atoms with Crippen molar-refractivity contribution in [1.29, 1.82) is 0 Å². The Bertz CT molecular complexity index is 1990. The Hall–Kier alpha value is -4.63. The van der Waals surface area contributed by atoms with Crippen molar-refractivity contribution in [3.05, 3.63) is 127 Å². The molecule has 0 unspecified atom stereocenters. The van der Waals surface area contributed by atoms with Gasteiger partial charge in [0.2, 0.25) is 0 Å². The van der Waals surface area contributed by atoms with E-state index in [1.807, 2.05) is 24.4 Å². The summed E-state index contributed by atoms with van der Waals surface area (Å²) in [6.07, 6.45) is 4.15. The van der Waals surface area contributed by atoms with Gasteiger partial charge in [0, 0.05) is 45.4 Å². The summed E-state index contributed by atoms with van der Waals surface area (Å²) in [6, 6.07) is 37.3. The van der Waals surface area contributed by atoms with Crippen LogP contribution in [-0.2, 0) is 5.41 Å². The van der Waals surface area contributed by atoms with E-state index in [4.69, 9.17) is 4.98 Å². The van der Waals surface area contributed by atoms with Gasteiger partial charge in [-0.2, -0.15) is 0 Å². The second kappa shape index (κ2) is 7.21. The maximum Gasteiger partial charge on any atom is 0.137 e. The molecule has 0 aliphatic heterocycles. The van der Waals surface area contributed by atoms with E-state index in [0.717, 1.165) is 22.6 Å². The van der Waals surface area contributed by atoms with Gasteiger partial charge in [0.15, 0.2) is 0 Å². The SMILES string of the molecule is CC1(C)c2ccccc2-c2c1ccc1c3ccccc3n(-c3cccc(-c4cn5ccccc5n4)c3)c21. The van der Waals surface area contributed by atoms with Crippen LogP contribution < -0.4 is 0 Å². The van der Waals surface area contributed by atoms with Gasteiger partial charge in [-0.15, -0.1) is 0 Å². The molecule has 4 aromatic carbocycles. The maximum atomic E-state index is 4.89. The van der Waals surface area contributed by atoms with Crippen molar-refractivity contribution >= 4 is 27.5 Å². The van der Waals surface area contributed by atoms with Crippen LogP contribution in [0.1, 0.15) is 25.0 Å². The van der Waals surface area contributed by atoms with Crippen LogP contribution >= 0.6 is 0 Å². The lowest BCUT2D eigenvalue weighted by Crippen LogP contribution is -2.14. The van der Waals surface area contributed by atoms with Crippen molar-refractivity contribution < 1.29 is 0 Å². The quantitative estimate of drug-likeness (QED) is 0.246. The van der Waals surface area contributed by atoms with Crippen molar-refractivity contribution in [2.24, 2.45) is 0 Å². The standard InChI is InChI=1S/C34H25N3/c1-34(2)27-14-5-3-13-26(27)32-28(34)18-17-25-24-12-4-6-15-30(24)37(33(25)32)23-11-9-10-22(20-23)29-21-36-19-8-7-16-31(36)35-29/h3-21H,1-2H3. The monoisotopic (exact) mass is 475 g/mol. The molecular weight excluding hydrogens is 450 g/mol. The summed E-state index contributed by atoms with van der Waals surface area (Å²) in [5.41, 5.74) is 12.1. The molecule has 0 saturated heterocycles. The zero-order valence-corrected chi connectivity index (χ0v) is 20.8. The minimum absolute atomic E-state index is 0.0419. The van der Waals surface area contributed by atoms with Gasteiger partial charge in [-0.25, -0.2) is 4.98 Å². The lowest BCUT2D eigenvalue weighted by molar-refractivity contribution is 0.661. The fourth-order valence-corrected chi connectivity index (χ4v) is 6.39. The van der Waals surface area contributed by atoms with Gasteiger partial charge in [-0.3, -0.25) is 0 Å². The van der Waals surface area contributed by atoms with E-state index in [2.05, 4.69) is 114 Å². The van der Waals surface area contributed by atoms with Crippen molar-refractivity contribution in [2.75, 3.05) is 0 Å². The highest BCUT2D eigenvalue weighted by Gasteiger charge is 2.37. The predicted octanol–water partition coefficient (Wildman–Crippen LogP) is 8.40. The largest absolute Gasteiger partial charge is 0.309 e. The van der Waals surface area contributed by atoms with E-state index >= 15 is 0 Å². The normalized spacial score (nSPS) is 13.9. The maximum absolute atomic E-state index is 4.89. The third-order valence-electron chi connectivity index (χ3n) is 8.14. The Kier molecular flexibility index (Phi) is 4.00. The first-order valence-electron chi connectivity index (χ1n) is 12.8. The van der Waals surface area contributed by atoms with Crippen LogP contribution in [0.2, 0.25) is 0 Å². The second-order valence-electron chi connectivity index (χ2n) is 10.6. The third-order valence-corrected chi connectivity index (χ3v) is 8.14. The molecule has 3 heteroatoms. The van der Waals surface area contributed by atoms with Crippen molar-refractivity contribution in [2.45, 2.75) is 19.3 Å². The summed E-state index contributed by atoms with van der Waals surface area (Å²) in [5.74, 6) is 0. The first-order chi connectivity index (χ1) is 18.1. The molecule has 0 spiro atoms. The molecule has 1 aliphatic rings. The number of pyridine rings is 1. The van der Waals surface area contributed by atoms with E-state index in [1.54, 1.807) is 0 Å². The highest BCUT2D eigenvalue weighted by atomic mass is 15.0. The number of hydrogen-bond donors (Lipinski definition) is 0. The average molecular weight is 476 g/mol. The number of aromatic nitrogens is 3. The lowest BCUT2D eigenvalue weighted by atomic mass is 9.82. The van der Waals surface area contributed by atoms with Gasteiger partial charge >= 0.3 is 0 Å². The number of para-hydroxylation sites is 1. The molecule has 37 heavy (non-hydrogen) atoms. The zero-order chi connectivity index (χ0) is 24.7. The topological polar surface area (TPSA) is 22.2 Å². The van der Waals surface area contributed by atoms with Crippen LogP contribution in [0.25, 0.3) is 55.5 Å². The highest BCUT2D eigenvalue weighted by molar-refractivity contribution is 6.15. The molecule has 8 rings (SSSR count). The van der Waals surface area contributed by atoms with Crippen LogP contribution in [0.5, 0.6) is 0 Å². The van der Waals surface area contributed by atoms with Gasteiger partial charge in [-0.05, 0) is 47.0 Å². The summed E-state index contributed by atoms with van der Waals surface area (Å²) in [6.45, 7) is 4.70. The van der Waals surface area contributed by atoms with E-state index in [1.165, 1.54) is 44.1 Å². The highest BCUT2D eigenvalue weighted by Crippen LogP contribution is 2.52. The number of rotatable bonds is 2. The molecule has 3 heterocycles. The summed E-state index contributed by atoms with van der Waals surface area (Å²) in [7, 11) is 0. The molecule has 0 bridgehead atoms. The number of imidazole rings is 1. The predicted molar refractivity (Wildman–Crippen MR) is 153 cm³/mol. The van der Waals surface area contributed by atoms with Gasteiger partial charge in [0.1, 0.15) is 5.65 Å². The van der Waals surface area contributed by atoms with Crippen LogP contribution in [0, 0.1) is 0 Å². The first-order valence-corrected chi connectivity index (χ1v) is 12.8. The van der Waals surface area contributed by atoms with Crippen molar-refractivity contribution in [3.63, 3.8) is 0 Å². The first kappa shape index (κ1) is 20.6. The van der Waals surface area contributed by atoms with Gasteiger partial charge in [-0.1, -0.05) is 86.6 Å².